The fraction of sp³-hybridized carbons (Fsp3) is 0.527. The summed E-state index contributed by atoms with van der Waals surface area (Å²) in [6, 6.07) is 19.0. The molecule has 0 radical (unpaired) electrons. The van der Waals surface area contributed by atoms with Crippen LogP contribution in [0.25, 0.3) is 38.2 Å². The lowest BCUT2D eigenvalue weighted by molar-refractivity contribution is -0.145. The van der Waals surface area contributed by atoms with Gasteiger partial charge >= 0.3 is 0 Å². The Morgan fingerprint density at radius 2 is 1.69 bits per heavy atom. The molecule has 0 bridgehead atoms. The second-order valence-corrected chi connectivity index (χ2v) is 23.5. The fourth-order valence-electron chi connectivity index (χ4n) is 11.5. The molecule has 71 heavy (non-hydrogen) atoms. The van der Waals surface area contributed by atoms with Crippen molar-refractivity contribution in [2.75, 3.05) is 26.2 Å². The molecule has 6 aromatic rings. The van der Waals surface area contributed by atoms with Crippen molar-refractivity contribution >= 4 is 72.7 Å². The van der Waals surface area contributed by atoms with Gasteiger partial charge in [-0.2, -0.15) is 4.98 Å². The number of likely N-dealkylation sites (tertiary alicyclic amines) is 2. The van der Waals surface area contributed by atoms with Gasteiger partial charge in [0.2, 0.25) is 17.6 Å². The van der Waals surface area contributed by atoms with E-state index in [1.54, 1.807) is 32.1 Å². The maximum Gasteiger partial charge on any atom is 0.283 e. The molecule has 4 atom stereocenters. The van der Waals surface area contributed by atoms with Crippen LogP contribution in [0, 0.1) is 12.3 Å². The Morgan fingerprint density at radius 3 is 2.38 bits per heavy atom. The van der Waals surface area contributed by atoms with Crippen molar-refractivity contribution in [1.29, 1.82) is 0 Å². The summed E-state index contributed by atoms with van der Waals surface area (Å²) >= 11 is 5.21. The van der Waals surface area contributed by atoms with Crippen LogP contribution < -0.4 is 16.2 Å². The molecule has 3 aromatic carbocycles. The van der Waals surface area contributed by atoms with Crippen molar-refractivity contribution in [3.05, 3.63) is 97.8 Å². The van der Waals surface area contributed by atoms with Crippen LogP contribution >= 0.6 is 27.3 Å². The number of aryl methyl sites for hydroxylation is 1. The second-order valence-electron chi connectivity index (χ2n) is 21.8. The van der Waals surface area contributed by atoms with Crippen LogP contribution in [0.1, 0.15) is 139 Å². The summed E-state index contributed by atoms with van der Waals surface area (Å²) in [5.74, 6) is -0.491. The maximum atomic E-state index is 14.8. The maximum absolute atomic E-state index is 14.8. The van der Waals surface area contributed by atoms with E-state index < -0.39 is 41.1 Å². The Bertz CT molecular complexity index is 3020. The topological polar surface area (TPSA) is 154 Å². The summed E-state index contributed by atoms with van der Waals surface area (Å²) in [7, 11) is 0. The number of alkyl halides is 1. The highest BCUT2D eigenvalue weighted by molar-refractivity contribution is 9.10. The standard InChI is InChI=1S/C55H66BrFN8O5S/c1-33-47(71-32-58-33)36-18-16-35(17-19-36)41(59-49(67)45-30-39(66)31-63(45)51(69)48(54(2,3)4)60-52(70)55(57)24-25-55)14-6-5-9-26-62-27-22-34(23-28-62)37-20-21-42-44(29-37)64(38-11-7-8-12-38)53-61-50(68)46-40(56)13-10-15-43(46)65(42)53/h10,13,15-21,29,32,34,38-39,41,45,48,66H,5-9,11-12,14,22-28,30-31H2,1-4H3,(H,59,67)(H,60,70)/t39-,41+,45?,48-/m1/s1. The van der Waals surface area contributed by atoms with Crippen LogP contribution in [-0.2, 0) is 14.4 Å². The van der Waals surface area contributed by atoms with E-state index in [2.05, 4.69) is 87.9 Å². The number of hydrogen-bond donors (Lipinski definition) is 3. The highest BCUT2D eigenvalue weighted by Crippen LogP contribution is 2.41. The minimum atomic E-state index is -1.96. The number of rotatable bonds is 15. The van der Waals surface area contributed by atoms with Crippen LogP contribution in [0.3, 0.4) is 0 Å². The van der Waals surface area contributed by atoms with Crippen molar-refractivity contribution in [3.63, 3.8) is 0 Å². The Balaban J connectivity index is 0.788. The SMILES string of the molecule is Cc1ncsc1-c1ccc([C@H](CCCCCN2CCC(c3ccc4c(c3)n(C3CCCC3)c3nc(=O)c5c(Br)cccc5n43)CC2)NC(=O)C2C[C@@H](O)CN2C(=O)[C@@H](NC(=O)C2(F)CC2)C(C)(C)C)cc1. The summed E-state index contributed by atoms with van der Waals surface area (Å²) in [4.78, 5) is 69.0. The van der Waals surface area contributed by atoms with Gasteiger partial charge in [-0.25, -0.2) is 9.37 Å². The largest absolute Gasteiger partial charge is 0.391 e. The van der Waals surface area contributed by atoms with Crippen LogP contribution in [0.5, 0.6) is 0 Å². The average Bonchev–Trinajstić information content (AvgIpc) is 3.80. The number of aromatic nitrogens is 4. The normalized spacial score (nSPS) is 20.8. The van der Waals surface area contributed by atoms with E-state index in [4.69, 9.17) is 4.98 Å². The molecule has 2 aliphatic heterocycles. The lowest BCUT2D eigenvalue weighted by atomic mass is 9.85. The van der Waals surface area contributed by atoms with Gasteiger partial charge in [-0.15, -0.1) is 11.3 Å². The van der Waals surface area contributed by atoms with Crippen LogP contribution in [0.15, 0.2) is 75.4 Å². The molecule has 4 fully saturated rings. The minimum absolute atomic E-state index is 0.0523. The minimum Gasteiger partial charge on any atom is -0.391 e. The van der Waals surface area contributed by atoms with Crippen molar-refractivity contribution in [1.82, 2.24) is 39.4 Å². The molecule has 2 saturated carbocycles. The van der Waals surface area contributed by atoms with E-state index in [-0.39, 0.29) is 43.3 Å². The predicted octanol–water partition coefficient (Wildman–Crippen LogP) is 9.70. The number of carbonyl (C=O) groups excluding carboxylic acids is 3. The lowest BCUT2D eigenvalue weighted by Gasteiger charge is -2.36. The molecule has 5 heterocycles. The smallest absolute Gasteiger partial charge is 0.283 e. The number of halogens is 2. The molecule has 4 aliphatic rings. The lowest BCUT2D eigenvalue weighted by Crippen LogP contribution is -2.59. The number of nitrogens with one attached hydrogen (secondary N) is 2. The Labute approximate surface area is 426 Å². The van der Waals surface area contributed by atoms with Gasteiger partial charge in [-0.05, 0) is 146 Å². The molecule has 3 aromatic heterocycles. The molecule has 2 aliphatic carbocycles. The van der Waals surface area contributed by atoms with E-state index in [1.165, 1.54) is 23.3 Å². The number of carbonyl (C=O) groups is 3. The van der Waals surface area contributed by atoms with Crippen molar-refractivity contribution in [3.8, 4) is 10.4 Å². The van der Waals surface area contributed by atoms with Gasteiger partial charge in [0.1, 0.15) is 12.1 Å². The number of thiazole rings is 1. The number of aliphatic hydroxyl groups excluding tert-OH is 1. The highest BCUT2D eigenvalue weighted by Gasteiger charge is 2.53. The Morgan fingerprint density at radius 1 is 0.944 bits per heavy atom. The molecule has 13 nitrogen and oxygen atoms in total. The number of amides is 3. The number of fused-ring (bicyclic) bond motifs is 5. The fourth-order valence-corrected chi connectivity index (χ4v) is 12.9. The number of benzene rings is 3. The van der Waals surface area contributed by atoms with Gasteiger partial charge in [0.25, 0.3) is 11.5 Å². The third kappa shape index (κ3) is 10.1. The van der Waals surface area contributed by atoms with Crippen LogP contribution in [-0.4, -0.2) is 102 Å². The Kier molecular flexibility index (Phi) is 14.0. The van der Waals surface area contributed by atoms with Gasteiger partial charge in [-0.3, -0.25) is 23.6 Å². The first-order chi connectivity index (χ1) is 34.1. The van der Waals surface area contributed by atoms with E-state index >= 15 is 0 Å². The van der Waals surface area contributed by atoms with Gasteiger partial charge in [0.05, 0.1) is 50.2 Å². The van der Waals surface area contributed by atoms with E-state index in [9.17, 15) is 28.7 Å². The van der Waals surface area contributed by atoms with Gasteiger partial charge in [-0.1, -0.05) is 82.9 Å². The zero-order valence-electron chi connectivity index (χ0n) is 41.3. The molecule has 2 saturated heterocycles. The molecule has 3 amide bonds. The van der Waals surface area contributed by atoms with E-state index in [1.807, 2.05) is 30.6 Å². The highest BCUT2D eigenvalue weighted by atomic mass is 79.9. The second kappa shape index (κ2) is 20.1. The summed E-state index contributed by atoms with van der Waals surface area (Å²) in [6.07, 6.45) is 9.63. The number of hydrogen-bond acceptors (Lipinski definition) is 9. The molecule has 3 N–H and O–H groups in total. The molecule has 16 heteroatoms. The van der Waals surface area contributed by atoms with E-state index in [0.29, 0.717) is 23.8 Å². The molecule has 0 spiro atoms. The van der Waals surface area contributed by atoms with Gasteiger partial charge in [0, 0.05) is 23.5 Å². The number of nitrogens with zero attached hydrogens (tertiary/aromatic N) is 6. The van der Waals surface area contributed by atoms with Gasteiger partial charge in [0.15, 0.2) is 5.67 Å². The first kappa shape index (κ1) is 49.5. The van der Waals surface area contributed by atoms with E-state index in [0.717, 1.165) is 113 Å². The number of aliphatic hydroxyl groups is 1. The first-order valence-electron chi connectivity index (χ1n) is 25.7. The molecular weight excluding hydrogens is 984 g/mol. The zero-order valence-corrected chi connectivity index (χ0v) is 43.7. The summed E-state index contributed by atoms with van der Waals surface area (Å²) in [6.45, 7) is 10.4. The molecule has 1 unspecified atom stereocenters. The Hall–Kier alpha value is -5.03. The number of piperidine rings is 1. The third-order valence-electron chi connectivity index (χ3n) is 15.8. The zero-order chi connectivity index (χ0) is 49.8. The monoisotopic (exact) mass is 1050 g/mol. The van der Waals surface area contributed by atoms with Crippen LogP contribution in [0.2, 0.25) is 0 Å². The molecular formula is C55H66BrFN8O5S. The number of imidazole rings is 1. The molecule has 10 rings (SSSR count). The first-order valence-corrected chi connectivity index (χ1v) is 27.4. The van der Waals surface area contributed by atoms with Crippen LogP contribution in [0.4, 0.5) is 4.39 Å². The summed E-state index contributed by atoms with van der Waals surface area (Å²) < 4.78 is 20.1. The summed E-state index contributed by atoms with van der Waals surface area (Å²) in [5.41, 5.74) is 6.34. The van der Waals surface area contributed by atoms with Crippen molar-refractivity contribution in [2.24, 2.45) is 5.41 Å². The van der Waals surface area contributed by atoms with Crippen molar-refractivity contribution in [2.45, 2.75) is 153 Å². The quantitative estimate of drug-likeness (QED) is 0.0860. The number of unbranched alkanes of at least 4 members (excludes halogenated alkanes) is 2. The summed E-state index contributed by atoms with van der Waals surface area (Å²) in [5, 5.41) is 17.4. The number of β-amino-alcohol motifs (C(OH)–C–C–N with tert-alkyl or cyclic N) is 1. The van der Waals surface area contributed by atoms with Crippen molar-refractivity contribution < 1.29 is 23.9 Å². The van der Waals surface area contributed by atoms with Gasteiger partial charge < -0.3 is 30.1 Å². The third-order valence-corrected chi connectivity index (χ3v) is 17.4. The predicted molar refractivity (Wildman–Crippen MR) is 280 cm³/mol. The average molecular weight is 1050 g/mol. The molecule has 376 valence electrons.